The molecule has 0 saturated carbocycles. The van der Waals surface area contributed by atoms with Gasteiger partial charge in [-0.1, -0.05) is 13.8 Å². The Balaban J connectivity index is 1.83. The molecule has 1 N–H and O–H groups in total. The Bertz CT molecular complexity index is 179. The first-order chi connectivity index (χ1) is 8.18. The standard InChI is InChI=1S/C14H29NO2/c1-12(2)10-13(3)15-7-5-8-16-11-14-6-4-9-17-14/h12-15H,4-11H2,1-3H3. The SMILES string of the molecule is CC(C)CC(C)NCCCOCC1CCCO1. The van der Waals surface area contributed by atoms with Crippen LogP contribution in [0.25, 0.3) is 0 Å². The van der Waals surface area contributed by atoms with Gasteiger partial charge in [0.25, 0.3) is 0 Å². The molecule has 0 spiro atoms. The molecule has 1 fully saturated rings. The van der Waals surface area contributed by atoms with Gasteiger partial charge in [0.1, 0.15) is 0 Å². The van der Waals surface area contributed by atoms with E-state index < -0.39 is 0 Å². The first kappa shape index (κ1) is 14.9. The fourth-order valence-corrected chi connectivity index (χ4v) is 2.30. The summed E-state index contributed by atoms with van der Waals surface area (Å²) in [4.78, 5) is 0. The molecular weight excluding hydrogens is 214 g/mol. The summed E-state index contributed by atoms with van der Waals surface area (Å²) in [5, 5.41) is 3.53. The van der Waals surface area contributed by atoms with Crippen LogP contribution in [-0.4, -0.2) is 38.5 Å². The van der Waals surface area contributed by atoms with Crippen LogP contribution in [0.5, 0.6) is 0 Å². The Morgan fingerprint density at radius 1 is 1.35 bits per heavy atom. The van der Waals surface area contributed by atoms with E-state index in [0.29, 0.717) is 12.1 Å². The summed E-state index contributed by atoms with van der Waals surface area (Å²) in [6.45, 7) is 10.4. The number of hydrogen-bond acceptors (Lipinski definition) is 3. The average Bonchev–Trinajstić information content (AvgIpc) is 2.75. The van der Waals surface area contributed by atoms with Crippen LogP contribution >= 0.6 is 0 Å². The van der Waals surface area contributed by atoms with Gasteiger partial charge >= 0.3 is 0 Å². The van der Waals surface area contributed by atoms with Crippen molar-refractivity contribution in [2.24, 2.45) is 5.92 Å². The first-order valence-corrected chi connectivity index (χ1v) is 7.11. The van der Waals surface area contributed by atoms with Crippen LogP contribution in [0.1, 0.15) is 46.5 Å². The Morgan fingerprint density at radius 2 is 2.18 bits per heavy atom. The normalized spacial score (nSPS) is 22.2. The average molecular weight is 243 g/mol. The summed E-state index contributed by atoms with van der Waals surface area (Å²) in [6.07, 6.45) is 5.07. The van der Waals surface area contributed by atoms with Crippen LogP contribution < -0.4 is 5.32 Å². The lowest BCUT2D eigenvalue weighted by Crippen LogP contribution is -2.29. The maximum absolute atomic E-state index is 5.62. The Hall–Kier alpha value is -0.120. The van der Waals surface area contributed by atoms with Gasteiger partial charge in [0, 0.05) is 19.3 Å². The second-order valence-electron chi connectivity index (χ2n) is 5.55. The van der Waals surface area contributed by atoms with Crippen molar-refractivity contribution in [1.82, 2.24) is 5.32 Å². The van der Waals surface area contributed by atoms with E-state index in [4.69, 9.17) is 9.47 Å². The molecule has 17 heavy (non-hydrogen) atoms. The van der Waals surface area contributed by atoms with Gasteiger partial charge in [0.2, 0.25) is 0 Å². The molecule has 1 aliphatic heterocycles. The predicted octanol–water partition coefficient (Wildman–Crippen LogP) is 2.60. The minimum atomic E-state index is 0.364. The van der Waals surface area contributed by atoms with E-state index in [9.17, 15) is 0 Å². The van der Waals surface area contributed by atoms with Crippen molar-refractivity contribution in [2.75, 3.05) is 26.4 Å². The Kier molecular flexibility index (Phi) is 7.82. The van der Waals surface area contributed by atoms with Gasteiger partial charge in [-0.05, 0) is 45.1 Å². The third-order valence-electron chi connectivity index (χ3n) is 3.11. The maximum Gasteiger partial charge on any atom is 0.0809 e. The predicted molar refractivity (Wildman–Crippen MR) is 71.3 cm³/mol. The summed E-state index contributed by atoms with van der Waals surface area (Å²) in [5.41, 5.74) is 0. The molecule has 1 heterocycles. The van der Waals surface area contributed by atoms with Crippen LogP contribution in [0.2, 0.25) is 0 Å². The summed E-state index contributed by atoms with van der Waals surface area (Å²) in [6, 6.07) is 0.619. The lowest BCUT2D eigenvalue weighted by molar-refractivity contribution is 0.0165. The van der Waals surface area contributed by atoms with Gasteiger partial charge in [-0.3, -0.25) is 0 Å². The zero-order valence-electron chi connectivity index (χ0n) is 11.7. The number of ether oxygens (including phenoxy) is 2. The van der Waals surface area contributed by atoms with E-state index in [1.165, 1.54) is 19.3 Å². The molecule has 3 heteroatoms. The van der Waals surface area contributed by atoms with Crippen molar-refractivity contribution in [3.05, 3.63) is 0 Å². The third-order valence-corrected chi connectivity index (χ3v) is 3.11. The Morgan fingerprint density at radius 3 is 2.82 bits per heavy atom. The molecule has 1 aliphatic rings. The first-order valence-electron chi connectivity index (χ1n) is 7.11. The number of nitrogens with one attached hydrogen (secondary N) is 1. The van der Waals surface area contributed by atoms with E-state index in [1.54, 1.807) is 0 Å². The summed E-state index contributed by atoms with van der Waals surface area (Å²) >= 11 is 0. The minimum Gasteiger partial charge on any atom is -0.379 e. The number of hydrogen-bond donors (Lipinski definition) is 1. The largest absolute Gasteiger partial charge is 0.379 e. The highest BCUT2D eigenvalue weighted by Crippen LogP contribution is 2.11. The van der Waals surface area contributed by atoms with E-state index in [0.717, 1.165) is 38.7 Å². The fourth-order valence-electron chi connectivity index (χ4n) is 2.30. The van der Waals surface area contributed by atoms with E-state index in [-0.39, 0.29) is 0 Å². The molecule has 2 atom stereocenters. The molecule has 0 aromatic heterocycles. The monoisotopic (exact) mass is 243 g/mol. The summed E-state index contributed by atoms with van der Waals surface area (Å²) in [5.74, 6) is 0.772. The molecule has 0 radical (unpaired) electrons. The van der Waals surface area contributed by atoms with Crippen LogP contribution in [0, 0.1) is 5.92 Å². The number of rotatable bonds is 9. The van der Waals surface area contributed by atoms with Crippen molar-refractivity contribution in [3.63, 3.8) is 0 Å². The van der Waals surface area contributed by atoms with Gasteiger partial charge in [-0.25, -0.2) is 0 Å². The molecule has 0 aromatic rings. The topological polar surface area (TPSA) is 30.5 Å². The highest BCUT2D eigenvalue weighted by atomic mass is 16.5. The smallest absolute Gasteiger partial charge is 0.0809 e. The molecule has 0 amide bonds. The molecule has 0 bridgehead atoms. The van der Waals surface area contributed by atoms with Crippen LogP contribution in [-0.2, 0) is 9.47 Å². The lowest BCUT2D eigenvalue weighted by atomic mass is 10.1. The van der Waals surface area contributed by atoms with Crippen molar-refractivity contribution < 1.29 is 9.47 Å². The van der Waals surface area contributed by atoms with Gasteiger partial charge in [0.05, 0.1) is 12.7 Å². The minimum absolute atomic E-state index is 0.364. The van der Waals surface area contributed by atoms with Crippen molar-refractivity contribution >= 4 is 0 Å². The third kappa shape index (κ3) is 7.74. The Labute approximate surface area is 106 Å². The summed E-state index contributed by atoms with van der Waals surface area (Å²) < 4.78 is 11.1. The second-order valence-corrected chi connectivity index (χ2v) is 5.55. The van der Waals surface area contributed by atoms with Crippen LogP contribution in [0.3, 0.4) is 0 Å². The molecule has 3 nitrogen and oxygen atoms in total. The van der Waals surface area contributed by atoms with Gasteiger partial charge in [0.15, 0.2) is 0 Å². The lowest BCUT2D eigenvalue weighted by Gasteiger charge is -2.16. The zero-order valence-corrected chi connectivity index (χ0v) is 11.7. The molecule has 1 saturated heterocycles. The maximum atomic E-state index is 5.62. The molecule has 0 aliphatic carbocycles. The van der Waals surface area contributed by atoms with Crippen LogP contribution in [0.4, 0.5) is 0 Å². The van der Waals surface area contributed by atoms with E-state index >= 15 is 0 Å². The van der Waals surface area contributed by atoms with Crippen molar-refractivity contribution in [1.29, 1.82) is 0 Å². The molecule has 102 valence electrons. The molecule has 0 aromatic carbocycles. The quantitative estimate of drug-likeness (QED) is 0.631. The molecular formula is C14H29NO2. The van der Waals surface area contributed by atoms with Gasteiger partial charge in [-0.15, -0.1) is 0 Å². The van der Waals surface area contributed by atoms with Crippen molar-refractivity contribution in [2.45, 2.75) is 58.6 Å². The van der Waals surface area contributed by atoms with E-state index in [1.807, 2.05) is 0 Å². The highest BCUT2D eigenvalue weighted by Gasteiger charge is 2.14. The van der Waals surface area contributed by atoms with Crippen molar-refractivity contribution in [3.8, 4) is 0 Å². The van der Waals surface area contributed by atoms with Gasteiger partial charge in [-0.2, -0.15) is 0 Å². The summed E-state index contributed by atoms with van der Waals surface area (Å²) in [7, 11) is 0. The second kappa shape index (κ2) is 8.90. The fraction of sp³-hybridized carbons (Fsp3) is 1.00. The zero-order chi connectivity index (χ0) is 12.5. The van der Waals surface area contributed by atoms with Gasteiger partial charge < -0.3 is 14.8 Å². The molecule has 1 rings (SSSR count). The van der Waals surface area contributed by atoms with E-state index in [2.05, 4.69) is 26.1 Å². The highest BCUT2D eigenvalue weighted by molar-refractivity contribution is 4.64. The molecule has 2 unspecified atom stereocenters. The van der Waals surface area contributed by atoms with Crippen LogP contribution in [0.15, 0.2) is 0 Å².